The zero-order chi connectivity index (χ0) is 21.5. The molecule has 160 valence electrons. The molecule has 2 aromatic rings. The van der Waals surface area contributed by atoms with Crippen LogP contribution in [0.5, 0.6) is 5.75 Å². The molecule has 3 amide bonds. The first-order chi connectivity index (χ1) is 14.5. The standard InChI is InChI=1S/C23H28FN3O3/c1-3-15-30-21-16-17(2)5-10-20(21)25-23(29)27-12-4-11-26(13-14-27)22(28)18-6-8-19(24)9-7-18/h5-10,16H,3-4,11-15H2,1-2H3,(H,25,29). The van der Waals surface area contributed by atoms with Crippen LogP contribution in [0.15, 0.2) is 42.5 Å². The van der Waals surface area contributed by atoms with Gasteiger partial charge in [-0.3, -0.25) is 4.79 Å². The fraction of sp³-hybridized carbons (Fsp3) is 0.391. The normalized spacial score (nSPS) is 14.2. The SMILES string of the molecule is CCCOc1cc(C)ccc1NC(=O)N1CCCN(C(=O)c2ccc(F)cc2)CC1. The molecular formula is C23H28FN3O3. The Hall–Kier alpha value is -3.09. The molecule has 0 aliphatic carbocycles. The van der Waals surface area contributed by atoms with Gasteiger partial charge in [-0.05, 0) is 61.7 Å². The van der Waals surface area contributed by atoms with E-state index in [0.717, 1.165) is 12.0 Å². The Morgan fingerprint density at radius 1 is 1.03 bits per heavy atom. The molecule has 7 heteroatoms. The van der Waals surface area contributed by atoms with E-state index in [1.807, 2.05) is 32.0 Å². The van der Waals surface area contributed by atoms with Crippen LogP contribution in [0.2, 0.25) is 0 Å². The summed E-state index contributed by atoms with van der Waals surface area (Å²) in [6.07, 6.45) is 1.55. The number of hydrogen-bond donors (Lipinski definition) is 1. The lowest BCUT2D eigenvalue weighted by Crippen LogP contribution is -2.39. The molecule has 0 spiro atoms. The summed E-state index contributed by atoms with van der Waals surface area (Å²) in [7, 11) is 0. The molecule has 1 aliphatic rings. The maximum absolute atomic E-state index is 13.1. The minimum absolute atomic E-state index is 0.147. The molecule has 1 fully saturated rings. The number of rotatable bonds is 5. The largest absolute Gasteiger partial charge is 0.491 e. The van der Waals surface area contributed by atoms with Crippen molar-refractivity contribution >= 4 is 17.6 Å². The third-order valence-electron chi connectivity index (χ3n) is 5.00. The number of amides is 3. The van der Waals surface area contributed by atoms with E-state index in [-0.39, 0.29) is 17.8 Å². The van der Waals surface area contributed by atoms with E-state index in [2.05, 4.69) is 5.32 Å². The van der Waals surface area contributed by atoms with Gasteiger partial charge in [0.05, 0.1) is 12.3 Å². The van der Waals surface area contributed by atoms with E-state index < -0.39 is 0 Å². The fourth-order valence-electron chi connectivity index (χ4n) is 3.36. The molecule has 0 atom stereocenters. The van der Waals surface area contributed by atoms with E-state index >= 15 is 0 Å². The molecule has 1 N–H and O–H groups in total. The Labute approximate surface area is 176 Å². The van der Waals surface area contributed by atoms with Crippen molar-refractivity contribution in [2.75, 3.05) is 38.1 Å². The molecular weight excluding hydrogens is 385 g/mol. The molecule has 6 nitrogen and oxygen atoms in total. The van der Waals surface area contributed by atoms with Crippen molar-refractivity contribution in [3.63, 3.8) is 0 Å². The van der Waals surface area contributed by atoms with Crippen molar-refractivity contribution in [2.24, 2.45) is 0 Å². The molecule has 2 aromatic carbocycles. The number of halogens is 1. The van der Waals surface area contributed by atoms with Gasteiger partial charge in [0.1, 0.15) is 11.6 Å². The molecule has 0 unspecified atom stereocenters. The van der Waals surface area contributed by atoms with Crippen LogP contribution in [0, 0.1) is 12.7 Å². The van der Waals surface area contributed by atoms with Crippen molar-refractivity contribution in [3.05, 3.63) is 59.4 Å². The molecule has 0 radical (unpaired) electrons. The maximum atomic E-state index is 13.1. The molecule has 1 aliphatic heterocycles. The van der Waals surface area contributed by atoms with Crippen LogP contribution < -0.4 is 10.1 Å². The highest BCUT2D eigenvalue weighted by Gasteiger charge is 2.23. The summed E-state index contributed by atoms with van der Waals surface area (Å²) >= 11 is 0. The van der Waals surface area contributed by atoms with Gasteiger partial charge in [-0.15, -0.1) is 0 Å². The van der Waals surface area contributed by atoms with Gasteiger partial charge in [-0.25, -0.2) is 9.18 Å². The topological polar surface area (TPSA) is 61.9 Å². The fourth-order valence-corrected chi connectivity index (χ4v) is 3.36. The first-order valence-electron chi connectivity index (χ1n) is 10.3. The Kier molecular flexibility index (Phi) is 7.27. The Bertz CT molecular complexity index is 886. The first-order valence-corrected chi connectivity index (χ1v) is 10.3. The predicted molar refractivity (Wildman–Crippen MR) is 114 cm³/mol. The van der Waals surface area contributed by atoms with Gasteiger partial charge in [-0.2, -0.15) is 0 Å². The second-order valence-electron chi connectivity index (χ2n) is 7.42. The Balaban J connectivity index is 1.62. The number of carbonyl (C=O) groups excluding carboxylic acids is 2. The smallest absolute Gasteiger partial charge is 0.322 e. The monoisotopic (exact) mass is 413 g/mol. The lowest BCUT2D eigenvalue weighted by Gasteiger charge is -2.23. The number of ether oxygens (including phenoxy) is 1. The summed E-state index contributed by atoms with van der Waals surface area (Å²) in [4.78, 5) is 28.9. The van der Waals surface area contributed by atoms with Gasteiger partial charge in [0, 0.05) is 31.7 Å². The first kappa shape index (κ1) is 21.6. The number of nitrogens with one attached hydrogen (secondary N) is 1. The average molecular weight is 413 g/mol. The van der Waals surface area contributed by atoms with Gasteiger partial charge in [0.25, 0.3) is 5.91 Å². The number of carbonyl (C=O) groups is 2. The van der Waals surface area contributed by atoms with Crippen LogP contribution in [0.1, 0.15) is 35.7 Å². The number of benzene rings is 2. The predicted octanol–water partition coefficient (Wildman–Crippen LogP) is 4.30. The quantitative estimate of drug-likeness (QED) is 0.795. The van der Waals surface area contributed by atoms with Crippen molar-refractivity contribution in [2.45, 2.75) is 26.7 Å². The highest BCUT2D eigenvalue weighted by atomic mass is 19.1. The average Bonchev–Trinajstić information content (AvgIpc) is 3.00. The van der Waals surface area contributed by atoms with Crippen LogP contribution in [-0.2, 0) is 0 Å². The van der Waals surface area contributed by atoms with Crippen molar-refractivity contribution in [1.29, 1.82) is 0 Å². The second kappa shape index (κ2) is 10.1. The molecule has 0 bridgehead atoms. The van der Waals surface area contributed by atoms with E-state index in [0.29, 0.717) is 56.2 Å². The summed E-state index contributed by atoms with van der Waals surface area (Å²) in [5, 5.41) is 2.94. The molecule has 1 saturated heterocycles. The van der Waals surface area contributed by atoms with Crippen LogP contribution in [-0.4, -0.2) is 54.5 Å². The molecule has 30 heavy (non-hydrogen) atoms. The molecule has 0 saturated carbocycles. The lowest BCUT2D eigenvalue weighted by atomic mass is 10.2. The van der Waals surface area contributed by atoms with E-state index in [4.69, 9.17) is 4.74 Å². The van der Waals surface area contributed by atoms with Crippen LogP contribution >= 0.6 is 0 Å². The maximum Gasteiger partial charge on any atom is 0.322 e. The number of hydrogen-bond acceptors (Lipinski definition) is 3. The van der Waals surface area contributed by atoms with E-state index in [9.17, 15) is 14.0 Å². The lowest BCUT2D eigenvalue weighted by molar-refractivity contribution is 0.0762. The number of anilines is 1. The minimum atomic E-state index is -0.372. The Morgan fingerprint density at radius 2 is 1.73 bits per heavy atom. The second-order valence-corrected chi connectivity index (χ2v) is 7.42. The number of aryl methyl sites for hydroxylation is 1. The third kappa shape index (κ3) is 5.49. The van der Waals surface area contributed by atoms with Crippen molar-refractivity contribution < 1.29 is 18.7 Å². The summed E-state index contributed by atoms with van der Waals surface area (Å²) in [5.41, 5.74) is 2.15. The van der Waals surface area contributed by atoms with Gasteiger partial charge in [0.15, 0.2) is 0 Å². The van der Waals surface area contributed by atoms with Crippen LogP contribution in [0.3, 0.4) is 0 Å². The van der Waals surface area contributed by atoms with Gasteiger partial charge in [-0.1, -0.05) is 13.0 Å². The van der Waals surface area contributed by atoms with Gasteiger partial charge >= 0.3 is 6.03 Å². The summed E-state index contributed by atoms with van der Waals surface area (Å²) in [6, 6.07) is 11.0. The van der Waals surface area contributed by atoms with E-state index in [1.54, 1.807) is 9.80 Å². The summed E-state index contributed by atoms with van der Waals surface area (Å²) in [6.45, 7) is 6.55. The molecule has 3 rings (SSSR count). The molecule has 0 aromatic heterocycles. The highest BCUT2D eigenvalue weighted by Crippen LogP contribution is 2.26. The van der Waals surface area contributed by atoms with Crippen molar-refractivity contribution in [1.82, 2.24) is 9.80 Å². The zero-order valence-corrected chi connectivity index (χ0v) is 17.5. The van der Waals surface area contributed by atoms with Crippen molar-refractivity contribution in [3.8, 4) is 5.75 Å². The minimum Gasteiger partial charge on any atom is -0.491 e. The summed E-state index contributed by atoms with van der Waals surface area (Å²) < 4.78 is 18.9. The zero-order valence-electron chi connectivity index (χ0n) is 17.5. The van der Waals surface area contributed by atoms with Crippen LogP contribution in [0.4, 0.5) is 14.9 Å². The number of nitrogens with zero attached hydrogens (tertiary/aromatic N) is 2. The summed E-state index contributed by atoms with van der Waals surface area (Å²) in [5.74, 6) is 0.142. The van der Waals surface area contributed by atoms with Crippen LogP contribution in [0.25, 0.3) is 0 Å². The molecule has 1 heterocycles. The van der Waals surface area contributed by atoms with E-state index in [1.165, 1.54) is 24.3 Å². The highest BCUT2D eigenvalue weighted by molar-refractivity contribution is 5.94. The Morgan fingerprint density at radius 3 is 2.47 bits per heavy atom. The third-order valence-corrected chi connectivity index (χ3v) is 5.00. The van der Waals surface area contributed by atoms with Gasteiger partial charge in [0.2, 0.25) is 0 Å². The number of urea groups is 1. The van der Waals surface area contributed by atoms with Gasteiger partial charge < -0.3 is 19.9 Å².